The zero-order chi connectivity index (χ0) is 14.5. The highest BCUT2D eigenvalue weighted by molar-refractivity contribution is 5.95. The molecule has 118 valence electrons. The Morgan fingerprint density at radius 3 is 2.38 bits per heavy atom. The lowest BCUT2D eigenvalue weighted by molar-refractivity contribution is 0.0703. The number of benzene rings is 1. The topological polar surface area (TPSA) is 50.8 Å². The lowest BCUT2D eigenvalue weighted by atomic mass is 10.0. The van der Waals surface area contributed by atoms with Crippen molar-refractivity contribution in [3.05, 3.63) is 23.8 Å². The molecule has 1 amide bonds. The maximum Gasteiger partial charge on any atom is 0.253 e. The maximum atomic E-state index is 12.5. The number of rotatable bonds is 4. The molecule has 6 heteroatoms. The van der Waals surface area contributed by atoms with Gasteiger partial charge in [0.1, 0.15) is 0 Å². The molecule has 0 aromatic heterocycles. The van der Waals surface area contributed by atoms with Crippen LogP contribution in [0.4, 0.5) is 0 Å². The standard InChI is InChI=1S/C15H22N2O3.ClH/c1-17(12-6-8-16-9-7-12)15(18)11-4-5-13(19-2)14(10-11)20-3;/h4-5,10,12,16H,6-9H2,1-3H3;1H. The molecule has 0 radical (unpaired) electrons. The molecular weight excluding hydrogens is 292 g/mol. The Kier molecular flexibility index (Phi) is 6.78. The molecule has 0 unspecified atom stereocenters. The van der Waals surface area contributed by atoms with Crippen LogP contribution in [-0.2, 0) is 0 Å². The van der Waals surface area contributed by atoms with Gasteiger partial charge in [0.05, 0.1) is 14.2 Å². The third-order valence-corrected chi connectivity index (χ3v) is 3.81. The highest BCUT2D eigenvalue weighted by Gasteiger charge is 2.23. The largest absolute Gasteiger partial charge is 0.493 e. The normalized spacial score (nSPS) is 15.0. The van der Waals surface area contributed by atoms with E-state index in [0.717, 1.165) is 25.9 Å². The average Bonchev–Trinajstić information content (AvgIpc) is 2.53. The van der Waals surface area contributed by atoms with Crippen LogP contribution in [0.5, 0.6) is 11.5 Å². The molecule has 5 nitrogen and oxygen atoms in total. The quantitative estimate of drug-likeness (QED) is 0.923. The summed E-state index contributed by atoms with van der Waals surface area (Å²) >= 11 is 0. The van der Waals surface area contributed by atoms with Crippen LogP contribution in [0.25, 0.3) is 0 Å². The van der Waals surface area contributed by atoms with Crippen LogP contribution in [0.3, 0.4) is 0 Å². The first-order valence-corrected chi connectivity index (χ1v) is 6.87. The summed E-state index contributed by atoms with van der Waals surface area (Å²) in [7, 11) is 5.03. The van der Waals surface area contributed by atoms with Crippen molar-refractivity contribution < 1.29 is 14.3 Å². The molecule has 0 bridgehead atoms. The first kappa shape index (κ1) is 17.6. The number of hydrogen-bond acceptors (Lipinski definition) is 4. The van der Waals surface area contributed by atoms with Crippen LogP contribution < -0.4 is 14.8 Å². The van der Waals surface area contributed by atoms with Gasteiger partial charge < -0.3 is 19.7 Å². The fourth-order valence-corrected chi connectivity index (χ4v) is 2.53. The summed E-state index contributed by atoms with van der Waals surface area (Å²) in [6.07, 6.45) is 1.99. The molecule has 21 heavy (non-hydrogen) atoms. The molecule has 0 aliphatic carbocycles. The van der Waals surface area contributed by atoms with E-state index in [-0.39, 0.29) is 18.3 Å². The van der Waals surface area contributed by atoms with Gasteiger partial charge in [0.25, 0.3) is 5.91 Å². The fourth-order valence-electron chi connectivity index (χ4n) is 2.53. The van der Waals surface area contributed by atoms with E-state index >= 15 is 0 Å². The number of piperidine rings is 1. The molecule has 0 atom stereocenters. The van der Waals surface area contributed by atoms with Gasteiger partial charge in [-0.25, -0.2) is 0 Å². The number of carbonyl (C=O) groups excluding carboxylic acids is 1. The lowest BCUT2D eigenvalue weighted by Gasteiger charge is -2.31. The van der Waals surface area contributed by atoms with Gasteiger partial charge in [-0.2, -0.15) is 0 Å². The Hall–Kier alpha value is -1.46. The maximum absolute atomic E-state index is 12.5. The third-order valence-electron chi connectivity index (χ3n) is 3.81. The third kappa shape index (κ3) is 4.02. The van der Waals surface area contributed by atoms with Crippen LogP contribution in [0.15, 0.2) is 18.2 Å². The summed E-state index contributed by atoms with van der Waals surface area (Å²) in [5.41, 5.74) is 0.628. The summed E-state index contributed by atoms with van der Waals surface area (Å²) in [6, 6.07) is 5.58. The van der Waals surface area contributed by atoms with Crippen LogP contribution in [0.1, 0.15) is 23.2 Å². The highest BCUT2D eigenvalue weighted by Crippen LogP contribution is 2.28. The predicted octanol–water partition coefficient (Wildman–Crippen LogP) is 1.95. The minimum atomic E-state index is 0. The Morgan fingerprint density at radius 1 is 1.19 bits per heavy atom. The van der Waals surface area contributed by atoms with E-state index in [9.17, 15) is 4.79 Å². The summed E-state index contributed by atoms with van der Waals surface area (Å²) in [5.74, 6) is 1.24. The predicted molar refractivity (Wildman–Crippen MR) is 84.8 cm³/mol. The average molecular weight is 315 g/mol. The molecule has 1 aromatic rings. The molecule has 1 fully saturated rings. The molecule has 1 aliphatic heterocycles. The Morgan fingerprint density at radius 2 is 1.81 bits per heavy atom. The molecule has 1 N–H and O–H groups in total. The highest BCUT2D eigenvalue weighted by atomic mass is 35.5. The number of ether oxygens (including phenoxy) is 2. The molecule has 0 saturated carbocycles. The lowest BCUT2D eigenvalue weighted by Crippen LogP contribution is -2.43. The summed E-state index contributed by atoms with van der Waals surface area (Å²) in [4.78, 5) is 14.4. The molecule has 0 spiro atoms. The minimum absolute atomic E-state index is 0. The fraction of sp³-hybridized carbons (Fsp3) is 0.533. The van der Waals surface area contributed by atoms with Crippen molar-refractivity contribution in [3.63, 3.8) is 0 Å². The van der Waals surface area contributed by atoms with E-state index in [2.05, 4.69) is 5.32 Å². The van der Waals surface area contributed by atoms with E-state index in [1.54, 1.807) is 32.4 Å². The van der Waals surface area contributed by atoms with Gasteiger partial charge in [0.15, 0.2) is 11.5 Å². The Bertz CT molecular complexity index is 476. The van der Waals surface area contributed by atoms with Crippen molar-refractivity contribution in [2.75, 3.05) is 34.4 Å². The minimum Gasteiger partial charge on any atom is -0.493 e. The smallest absolute Gasteiger partial charge is 0.253 e. The number of carbonyl (C=O) groups is 1. The molecular formula is C15H23ClN2O3. The number of halogens is 1. The van der Waals surface area contributed by atoms with Gasteiger partial charge in [0.2, 0.25) is 0 Å². The van der Waals surface area contributed by atoms with Crippen LogP contribution in [0.2, 0.25) is 0 Å². The first-order chi connectivity index (χ1) is 9.67. The zero-order valence-corrected chi connectivity index (χ0v) is 13.5. The number of amides is 1. The van der Waals surface area contributed by atoms with Gasteiger partial charge in [-0.05, 0) is 44.1 Å². The van der Waals surface area contributed by atoms with Crippen molar-refractivity contribution in [1.82, 2.24) is 10.2 Å². The number of nitrogens with one attached hydrogen (secondary N) is 1. The molecule has 1 aliphatic rings. The molecule has 1 saturated heterocycles. The van der Waals surface area contributed by atoms with E-state index in [1.807, 2.05) is 11.9 Å². The van der Waals surface area contributed by atoms with Crippen LogP contribution >= 0.6 is 12.4 Å². The van der Waals surface area contributed by atoms with Gasteiger partial charge in [-0.15, -0.1) is 12.4 Å². The van der Waals surface area contributed by atoms with Crippen molar-refractivity contribution in [3.8, 4) is 11.5 Å². The zero-order valence-electron chi connectivity index (χ0n) is 12.7. The van der Waals surface area contributed by atoms with Crippen molar-refractivity contribution in [2.24, 2.45) is 0 Å². The summed E-state index contributed by atoms with van der Waals surface area (Å²) in [6.45, 7) is 1.93. The Labute approximate surface area is 132 Å². The number of methoxy groups -OCH3 is 2. The van der Waals surface area contributed by atoms with E-state index in [1.165, 1.54) is 0 Å². The molecule has 1 aromatic carbocycles. The van der Waals surface area contributed by atoms with E-state index < -0.39 is 0 Å². The van der Waals surface area contributed by atoms with Crippen LogP contribution in [-0.4, -0.2) is 51.2 Å². The number of nitrogens with zero attached hydrogens (tertiary/aromatic N) is 1. The monoisotopic (exact) mass is 314 g/mol. The second-order valence-corrected chi connectivity index (χ2v) is 4.97. The SMILES string of the molecule is COc1ccc(C(=O)N(C)C2CCNCC2)cc1OC.Cl. The van der Waals surface area contributed by atoms with Crippen molar-refractivity contribution >= 4 is 18.3 Å². The van der Waals surface area contributed by atoms with Crippen molar-refractivity contribution in [1.29, 1.82) is 0 Å². The van der Waals surface area contributed by atoms with Gasteiger partial charge in [-0.1, -0.05) is 0 Å². The summed E-state index contributed by atoms with van der Waals surface area (Å²) < 4.78 is 10.4. The second kappa shape index (κ2) is 8.10. The van der Waals surface area contributed by atoms with Crippen LogP contribution in [0, 0.1) is 0 Å². The van der Waals surface area contributed by atoms with Gasteiger partial charge in [0, 0.05) is 18.7 Å². The molecule has 2 rings (SSSR count). The van der Waals surface area contributed by atoms with Gasteiger partial charge in [-0.3, -0.25) is 4.79 Å². The summed E-state index contributed by atoms with van der Waals surface area (Å²) in [5, 5.41) is 3.31. The number of hydrogen-bond donors (Lipinski definition) is 1. The van der Waals surface area contributed by atoms with E-state index in [0.29, 0.717) is 23.1 Å². The first-order valence-electron chi connectivity index (χ1n) is 6.87. The second-order valence-electron chi connectivity index (χ2n) is 4.97. The van der Waals surface area contributed by atoms with Gasteiger partial charge >= 0.3 is 0 Å². The van der Waals surface area contributed by atoms with E-state index in [4.69, 9.17) is 9.47 Å². The molecule has 1 heterocycles. The Balaban J connectivity index is 0.00000220. The van der Waals surface area contributed by atoms with Crippen molar-refractivity contribution in [2.45, 2.75) is 18.9 Å².